The number of anilines is 1. The van der Waals surface area contributed by atoms with Crippen LogP contribution in [0.25, 0.3) is 0 Å². The number of nitrogens with zero attached hydrogens (tertiary/aromatic N) is 3. The third-order valence-corrected chi connectivity index (χ3v) is 4.88. The molecule has 0 amide bonds. The van der Waals surface area contributed by atoms with Crippen molar-refractivity contribution in [2.45, 2.75) is 26.2 Å². The molecule has 31 heavy (non-hydrogen) atoms. The van der Waals surface area contributed by atoms with Gasteiger partial charge in [-0.15, -0.1) is 0 Å². The Morgan fingerprint density at radius 2 is 1.77 bits per heavy atom. The Labute approximate surface area is 183 Å². The predicted octanol–water partition coefficient (Wildman–Crippen LogP) is 5.78. The highest BCUT2D eigenvalue weighted by atomic mass is 35.5. The summed E-state index contributed by atoms with van der Waals surface area (Å²) < 4.78 is 78.4. The molecule has 0 fully saturated rings. The Balaban J connectivity index is 2.97. The van der Waals surface area contributed by atoms with E-state index in [1.54, 1.807) is 29.2 Å². The van der Waals surface area contributed by atoms with E-state index >= 15 is 0 Å². The third-order valence-electron chi connectivity index (χ3n) is 3.43. The fourth-order valence-corrected chi connectivity index (χ4v) is 2.91. The molecule has 0 aliphatic heterocycles. The van der Waals surface area contributed by atoms with Crippen molar-refractivity contribution < 1.29 is 31.1 Å². The van der Waals surface area contributed by atoms with Crippen LogP contribution in [0.1, 0.15) is 13.8 Å². The number of alkyl halides is 6. The maximum atomic E-state index is 12.4. The summed E-state index contributed by atoms with van der Waals surface area (Å²) in [6.45, 7) is 5.29. The summed E-state index contributed by atoms with van der Waals surface area (Å²) in [5.41, 5.74) is 0.818. The van der Waals surface area contributed by atoms with E-state index in [1.807, 2.05) is 6.92 Å². The zero-order valence-corrected chi connectivity index (χ0v) is 18.5. The van der Waals surface area contributed by atoms with Crippen LogP contribution in [-0.2, 0) is 4.74 Å². The van der Waals surface area contributed by atoms with Crippen LogP contribution < -0.4 is 10.2 Å². The molecule has 1 aromatic carbocycles. The first kappa shape index (κ1) is 27.2. The van der Waals surface area contributed by atoms with E-state index in [2.05, 4.69) is 26.6 Å². The number of guanidine groups is 1. The van der Waals surface area contributed by atoms with Gasteiger partial charge in [-0.2, -0.15) is 26.3 Å². The van der Waals surface area contributed by atoms with Gasteiger partial charge < -0.3 is 15.0 Å². The molecule has 1 unspecified atom stereocenters. The maximum Gasteiger partial charge on any atom is 0.411 e. The molecule has 0 aromatic heterocycles. The van der Waals surface area contributed by atoms with Crippen LogP contribution in [0, 0.1) is 0 Å². The van der Waals surface area contributed by atoms with E-state index < -0.39 is 40.4 Å². The lowest BCUT2D eigenvalue weighted by molar-refractivity contribution is -0.173. The number of aliphatic imine (C=N–C) groups is 2. The van der Waals surface area contributed by atoms with Gasteiger partial charge >= 0.3 is 12.4 Å². The number of hydrogen-bond donors (Lipinski definition) is 1. The van der Waals surface area contributed by atoms with Crippen molar-refractivity contribution in [3.05, 3.63) is 41.7 Å². The van der Waals surface area contributed by atoms with Crippen molar-refractivity contribution in [1.29, 1.82) is 0 Å². The molecule has 0 heterocycles. The number of benzene rings is 1. The van der Waals surface area contributed by atoms with Gasteiger partial charge in [0.15, 0.2) is 0 Å². The summed E-state index contributed by atoms with van der Waals surface area (Å²) >= 11 is 5.88. The van der Waals surface area contributed by atoms with Gasteiger partial charge in [0.25, 0.3) is 0 Å². The highest BCUT2D eigenvalue weighted by Gasteiger charge is 2.28. The molecule has 1 atom stereocenters. The quantitative estimate of drug-likeness (QED) is 0.157. The van der Waals surface area contributed by atoms with Crippen molar-refractivity contribution in [2.24, 2.45) is 9.98 Å². The Morgan fingerprint density at radius 1 is 1.16 bits per heavy atom. The molecule has 1 rings (SSSR count). The van der Waals surface area contributed by atoms with Crippen molar-refractivity contribution in [3.63, 3.8) is 0 Å². The second-order valence-corrected chi connectivity index (χ2v) is 7.90. The lowest BCUT2D eigenvalue weighted by Gasteiger charge is -2.26. The van der Waals surface area contributed by atoms with Crippen molar-refractivity contribution >= 4 is 37.3 Å². The molecule has 1 N–H and O–H groups in total. The molecule has 0 aliphatic rings. The summed E-state index contributed by atoms with van der Waals surface area (Å²) in [5, 5.41) is 3.25. The molecule has 0 saturated carbocycles. The number of hydrogen-bond acceptors (Lipinski definition) is 3. The lowest BCUT2D eigenvalue weighted by Crippen LogP contribution is -2.34. The van der Waals surface area contributed by atoms with Crippen LogP contribution in [-0.4, -0.2) is 49.8 Å². The standard InChI is InChI=1S/C18H22ClF6N4OP/c1-4-29(15-7-5-14(19)6-8-15)12(2)27-16(26-11-30-9-17(20,21)22)28-13(3)31-10-18(23,24)25/h5-8,31H,2,4,9-11H2,1,3H3,(H,26,27)/b28-13+. The van der Waals surface area contributed by atoms with E-state index in [9.17, 15) is 26.3 Å². The van der Waals surface area contributed by atoms with E-state index in [1.165, 1.54) is 6.92 Å². The third kappa shape index (κ3) is 11.9. The van der Waals surface area contributed by atoms with Crippen LogP contribution in [0.2, 0.25) is 5.02 Å². The first-order valence-electron chi connectivity index (χ1n) is 8.84. The average Bonchev–Trinajstić information content (AvgIpc) is 2.64. The summed E-state index contributed by atoms with van der Waals surface area (Å²) in [4.78, 5) is 9.46. The molecule has 5 nitrogen and oxygen atoms in total. The van der Waals surface area contributed by atoms with E-state index in [0.29, 0.717) is 17.3 Å². The molecule has 0 saturated heterocycles. The highest BCUT2D eigenvalue weighted by Crippen LogP contribution is 2.26. The minimum Gasteiger partial charge on any atom is -0.350 e. The molecule has 0 aliphatic carbocycles. The van der Waals surface area contributed by atoms with Gasteiger partial charge in [-0.1, -0.05) is 26.8 Å². The molecule has 13 heteroatoms. The summed E-state index contributed by atoms with van der Waals surface area (Å²) in [7, 11) is -0.665. The molecule has 0 spiro atoms. The smallest absolute Gasteiger partial charge is 0.350 e. The topological polar surface area (TPSA) is 49.2 Å². The highest BCUT2D eigenvalue weighted by molar-refractivity contribution is 7.58. The van der Waals surface area contributed by atoms with E-state index in [0.717, 1.165) is 0 Å². The second kappa shape index (κ2) is 12.3. The number of nitrogens with one attached hydrogen (secondary N) is 1. The largest absolute Gasteiger partial charge is 0.411 e. The molecule has 174 valence electrons. The maximum absolute atomic E-state index is 12.4. The number of halogens is 7. The normalized spacial score (nSPS) is 13.7. The Bertz CT molecular complexity index is 781. The molecular weight excluding hydrogens is 469 g/mol. The Morgan fingerprint density at radius 3 is 2.29 bits per heavy atom. The fraction of sp³-hybridized carbons (Fsp3) is 0.444. The first-order chi connectivity index (χ1) is 14.3. The van der Waals surface area contributed by atoms with Crippen LogP contribution in [0.3, 0.4) is 0 Å². The van der Waals surface area contributed by atoms with Gasteiger partial charge in [0.1, 0.15) is 19.2 Å². The molecule has 0 radical (unpaired) electrons. The van der Waals surface area contributed by atoms with Gasteiger partial charge in [0, 0.05) is 22.7 Å². The SMILES string of the molecule is C=C(NC(=N/COCC(F)(F)F)/N=C(\C)PCC(F)(F)F)N(CC)c1ccc(Cl)cc1. The molecular formula is C18H22ClF6N4OP. The number of ether oxygens (including phenoxy) is 1. The van der Waals surface area contributed by atoms with Crippen molar-refractivity contribution in [3.8, 4) is 0 Å². The Hall–Kier alpha value is -1.84. The number of rotatable bonds is 9. The van der Waals surface area contributed by atoms with Crippen LogP contribution in [0.4, 0.5) is 32.0 Å². The van der Waals surface area contributed by atoms with Crippen molar-refractivity contribution in [2.75, 3.05) is 30.9 Å². The van der Waals surface area contributed by atoms with Crippen molar-refractivity contribution in [1.82, 2.24) is 5.32 Å². The minimum atomic E-state index is -4.53. The molecule has 1 aromatic rings. The zero-order chi connectivity index (χ0) is 23.7. The first-order valence-corrected chi connectivity index (χ1v) is 10.4. The zero-order valence-electron chi connectivity index (χ0n) is 16.7. The molecule has 0 bridgehead atoms. The Kier molecular flexibility index (Phi) is 10.8. The average molecular weight is 491 g/mol. The lowest BCUT2D eigenvalue weighted by atomic mass is 10.3. The van der Waals surface area contributed by atoms with Gasteiger partial charge in [-0.25, -0.2) is 9.98 Å². The van der Waals surface area contributed by atoms with Crippen LogP contribution >= 0.6 is 20.2 Å². The second-order valence-electron chi connectivity index (χ2n) is 6.03. The minimum absolute atomic E-state index is 0.113. The van der Waals surface area contributed by atoms with Gasteiger partial charge in [0.2, 0.25) is 5.96 Å². The van der Waals surface area contributed by atoms with Crippen LogP contribution in [0.15, 0.2) is 46.7 Å². The summed E-state index contributed by atoms with van der Waals surface area (Å²) in [6.07, 6.45) is -9.95. The van der Waals surface area contributed by atoms with Gasteiger partial charge in [0.05, 0.1) is 6.16 Å². The van der Waals surface area contributed by atoms with Crippen LogP contribution in [0.5, 0.6) is 0 Å². The monoisotopic (exact) mass is 490 g/mol. The van der Waals surface area contributed by atoms with Gasteiger partial charge in [-0.3, -0.25) is 0 Å². The van der Waals surface area contributed by atoms with Gasteiger partial charge in [-0.05, 0) is 38.1 Å². The summed E-state index contributed by atoms with van der Waals surface area (Å²) in [5.74, 6) is 0.0434. The van der Waals surface area contributed by atoms with E-state index in [4.69, 9.17) is 11.6 Å². The fourth-order valence-electron chi connectivity index (χ4n) is 2.14. The summed E-state index contributed by atoms with van der Waals surface area (Å²) in [6, 6.07) is 6.77. The van der Waals surface area contributed by atoms with E-state index in [-0.39, 0.29) is 17.2 Å². The predicted molar refractivity (Wildman–Crippen MR) is 113 cm³/mol.